The highest BCUT2D eigenvalue weighted by molar-refractivity contribution is 7.93. The normalized spacial score (nSPS) is 23.5. The smallest absolute Gasteiger partial charge is 0.243 e. The third-order valence-corrected chi connectivity index (χ3v) is 5.73. The van der Waals surface area contributed by atoms with Gasteiger partial charge >= 0.3 is 0 Å². The first-order valence-electron chi connectivity index (χ1n) is 7.92. The predicted octanol–water partition coefficient (Wildman–Crippen LogP) is 3.35. The Morgan fingerprint density at radius 2 is 1.76 bits per heavy atom. The van der Waals surface area contributed by atoms with Crippen LogP contribution in [0.1, 0.15) is 19.4 Å². The van der Waals surface area contributed by atoms with Crippen molar-refractivity contribution in [1.82, 2.24) is 4.72 Å². The molecule has 1 aliphatic rings. The van der Waals surface area contributed by atoms with Gasteiger partial charge in [0.15, 0.2) is 0 Å². The largest absolute Gasteiger partial charge is 0.342 e. The first-order valence-corrected chi connectivity index (χ1v) is 9.41. The molecule has 1 heterocycles. The van der Waals surface area contributed by atoms with Crippen LogP contribution in [0.15, 0.2) is 59.5 Å². The second kappa shape index (κ2) is 6.72. The molecule has 0 radical (unpaired) electrons. The summed E-state index contributed by atoms with van der Waals surface area (Å²) in [7, 11) is -2.32. The number of benzene rings is 2. The first-order chi connectivity index (χ1) is 11.8. The lowest BCUT2D eigenvalue weighted by molar-refractivity contribution is -0.184. The van der Waals surface area contributed by atoms with Crippen LogP contribution in [0.25, 0.3) is 17.2 Å². The molecule has 0 bridgehead atoms. The number of methoxy groups -OCH3 is 1. The molecule has 0 aromatic heterocycles. The summed E-state index contributed by atoms with van der Waals surface area (Å²) in [6, 6.07) is 17.7. The van der Waals surface area contributed by atoms with E-state index in [4.69, 9.17) is 9.47 Å². The maximum Gasteiger partial charge on any atom is 0.243 e. The Labute approximate surface area is 148 Å². The summed E-state index contributed by atoms with van der Waals surface area (Å²) in [6.07, 6.45) is 0.647. The van der Waals surface area contributed by atoms with E-state index >= 15 is 0 Å². The highest BCUT2D eigenvalue weighted by Crippen LogP contribution is 2.33. The third kappa shape index (κ3) is 3.82. The van der Waals surface area contributed by atoms with E-state index in [2.05, 4.69) is 4.72 Å². The zero-order valence-corrected chi connectivity index (χ0v) is 15.2. The molecule has 25 heavy (non-hydrogen) atoms. The van der Waals surface area contributed by atoms with Gasteiger partial charge in [-0.3, -0.25) is 0 Å². The van der Waals surface area contributed by atoms with E-state index in [-0.39, 0.29) is 4.91 Å². The van der Waals surface area contributed by atoms with Crippen LogP contribution in [0.2, 0.25) is 0 Å². The summed E-state index contributed by atoms with van der Waals surface area (Å²) in [5.41, 5.74) is 1.87. The SMILES string of the molecule is COC1NS(=O)(=O)/C(=C/c2cccc(-c3ccccc3)c2)C(C)(C)O1. The highest BCUT2D eigenvalue weighted by atomic mass is 32.2. The third-order valence-electron chi connectivity index (χ3n) is 4.04. The Balaban J connectivity index is 2.02. The molecule has 1 aliphatic heterocycles. The Hall–Kier alpha value is -1.99. The molecule has 2 aromatic carbocycles. The van der Waals surface area contributed by atoms with Gasteiger partial charge in [-0.15, -0.1) is 0 Å². The van der Waals surface area contributed by atoms with E-state index < -0.39 is 22.0 Å². The molecule has 1 N–H and O–H groups in total. The van der Waals surface area contributed by atoms with Crippen molar-refractivity contribution in [3.05, 3.63) is 65.1 Å². The first kappa shape index (κ1) is 17.8. The quantitative estimate of drug-likeness (QED) is 0.913. The van der Waals surface area contributed by atoms with Crippen LogP contribution in [0, 0.1) is 0 Å². The molecule has 6 heteroatoms. The van der Waals surface area contributed by atoms with Crippen molar-refractivity contribution in [2.45, 2.75) is 25.9 Å². The van der Waals surface area contributed by atoms with Crippen molar-refractivity contribution in [3.8, 4) is 11.1 Å². The fourth-order valence-corrected chi connectivity index (χ4v) is 4.31. The van der Waals surface area contributed by atoms with Crippen molar-refractivity contribution in [2.24, 2.45) is 0 Å². The van der Waals surface area contributed by atoms with Crippen molar-refractivity contribution < 1.29 is 17.9 Å². The molecular formula is C19H21NO4S. The predicted molar refractivity (Wildman–Crippen MR) is 97.9 cm³/mol. The Morgan fingerprint density at radius 1 is 1.08 bits per heavy atom. The van der Waals surface area contributed by atoms with Gasteiger partial charge in [-0.25, -0.2) is 8.42 Å². The summed E-state index contributed by atoms with van der Waals surface area (Å²) in [6.45, 7) is 3.43. The lowest BCUT2D eigenvalue weighted by Gasteiger charge is -2.37. The number of sulfonamides is 1. The van der Waals surface area contributed by atoms with Crippen molar-refractivity contribution in [2.75, 3.05) is 7.11 Å². The maximum atomic E-state index is 12.6. The number of hydrogen-bond donors (Lipinski definition) is 1. The molecular weight excluding hydrogens is 338 g/mol. The molecule has 1 atom stereocenters. The van der Waals surface area contributed by atoms with E-state index in [0.717, 1.165) is 16.7 Å². The molecule has 132 valence electrons. The summed E-state index contributed by atoms with van der Waals surface area (Å²) in [5.74, 6) is 0. The summed E-state index contributed by atoms with van der Waals surface area (Å²) >= 11 is 0. The number of rotatable bonds is 3. The Kier molecular flexibility index (Phi) is 4.79. The molecule has 5 nitrogen and oxygen atoms in total. The van der Waals surface area contributed by atoms with Crippen LogP contribution < -0.4 is 4.72 Å². The Morgan fingerprint density at radius 3 is 2.40 bits per heavy atom. The molecule has 1 fully saturated rings. The standard InChI is InChI=1S/C19H21NO4S/c1-19(2)17(25(21,22)20-18(23-3)24-19)13-14-8-7-11-16(12-14)15-9-5-4-6-10-15/h4-13,18,20H,1-3H3/b17-13+. The molecule has 3 rings (SSSR count). The van der Waals surface area contributed by atoms with Crippen LogP contribution in [-0.2, 0) is 19.5 Å². The van der Waals surface area contributed by atoms with E-state index in [0.29, 0.717) is 0 Å². The van der Waals surface area contributed by atoms with E-state index in [1.807, 2.05) is 54.6 Å². The van der Waals surface area contributed by atoms with Gasteiger partial charge in [-0.1, -0.05) is 48.5 Å². The van der Waals surface area contributed by atoms with Crippen molar-refractivity contribution >= 4 is 16.1 Å². The van der Waals surface area contributed by atoms with E-state index in [9.17, 15) is 8.42 Å². The van der Waals surface area contributed by atoms with Crippen molar-refractivity contribution in [3.63, 3.8) is 0 Å². The van der Waals surface area contributed by atoms with Crippen LogP contribution in [0.3, 0.4) is 0 Å². The average molecular weight is 359 g/mol. The maximum absolute atomic E-state index is 12.6. The van der Waals surface area contributed by atoms with E-state index in [1.54, 1.807) is 19.9 Å². The number of nitrogens with one attached hydrogen (secondary N) is 1. The second-order valence-corrected chi connectivity index (χ2v) is 8.00. The minimum atomic E-state index is -3.71. The number of hydrogen-bond acceptors (Lipinski definition) is 4. The van der Waals surface area contributed by atoms with Crippen molar-refractivity contribution in [1.29, 1.82) is 0 Å². The van der Waals surface area contributed by atoms with Crippen LogP contribution >= 0.6 is 0 Å². The topological polar surface area (TPSA) is 64.6 Å². The van der Waals surface area contributed by atoms with Gasteiger partial charge < -0.3 is 9.47 Å². The monoisotopic (exact) mass is 359 g/mol. The fourth-order valence-electron chi connectivity index (χ4n) is 2.80. The lowest BCUT2D eigenvalue weighted by Crippen LogP contribution is -2.53. The molecule has 0 saturated carbocycles. The highest BCUT2D eigenvalue weighted by Gasteiger charge is 2.42. The van der Waals surface area contributed by atoms with Gasteiger partial charge in [0.2, 0.25) is 16.4 Å². The minimum Gasteiger partial charge on any atom is -0.342 e. The van der Waals surface area contributed by atoms with Crippen LogP contribution in [0.5, 0.6) is 0 Å². The Bertz CT molecular complexity index is 889. The van der Waals surface area contributed by atoms with Crippen LogP contribution in [-0.4, -0.2) is 27.5 Å². The molecule has 0 spiro atoms. The van der Waals surface area contributed by atoms with Gasteiger partial charge in [-0.2, -0.15) is 4.72 Å². The lowest BCUT2D eigenvalue weighted by atomic mass is 10.0. The minimum absolute atomic E-state index is 0.165. The molecule has 0 aliphatic carbocycles. The number of ether oxygens (including phenoxy) is 2. The zero-order valence-electron chi connectivity index (χ0n) is 14.4. The van der Waals surface area contributed by atoms with Crippen LogP contribution in [0.4, 0.5) is 0 Å². The van der Waals surface area contributed by atoms with Gasteiger partial charge in [0, 0.05) is 7.11 Å². The molecule has 2 aromatic rings. The van der Waals surface area contributed by atoms with Gasteiger partial charge in [0.1, 0.15) is 5.60 Å². The van der Waals surface area contributed by atoms with Gasteiger partial charge in [0.25, 0.3) is 0 Å². The second-order valence-electron chi connectivity index (χ2n) is 6.32. The summed E-state index contributed by atoms with van der Waals surface area (Å²) < 4.78 is 38.2. The molecule has 1 unspecified atom stereocenters. The average Bonchev–Trinajstić information content (AvgIpc) is 2.58. The summed E-state index contributed by atoms with van der Waals surface area (Å²) in [4.78, 5) is 0.165. The molecule has 1 saturated heterocycles. The van der Waals surface area contributed by atoms with E-state index in [1.165, 1.54) is 7.11 Å². The summed E-state index contributed by atoms with van der Waals surface area (Å²) in [5, 5.41) is 0. The van der Waals surface area contributed by atoms with Gasteiger partial charge in [-0.05, 0) is 42.7 Å². The fraction of sp³-hybridized carbons (Fsp3) is 0.263. The van der Waals surface area contributed by atoms with Gasteiger partial charge in [0.05, 0.1) is 4.91 Å². The zero-order chi connectivity index (χ0) is 18.1. The molecule has 0 amide bonds.